The molecule has 1 N–H and O–H groups in total. The number of rotatable bonds is 3. The van der Waals surface area contributed by atoms with E-state index < -0.39 is 6.10 Å². The smallest absolute Gasteiger partial charge is 0.284 e. The molecule has 0 aliphatic carbocycles. The Hall–Kier alpha value is -1.59. The molecule has 2 aliphatic heterocycles. The van der Waals surface area contributed by atoms with Gasteiger partial charge in [0.25, 0.3) is 5.91 Å². The highest BCUT2D eigenvalue weighted by molar-refractivity contribution is 5.80. The molecular formula is C15H19NO4. The van der Waals surface area contributed by atoms with Crippen LogP contribution in [-0.2, 0) is 20.8 Å². The molecule has 1 aromatic carbocycles. The molecule has 0 radical (unpaired) electrons. The van der Waals surface area contributed by atoms with Gasteiger partial charge in [0.1, 0.15) is 5.75 Å². The Morgan fingerprint density at radius 1 is 1.25 bits per heavy atom. The molecule has 0 saturated carbocycles. The van der Waals surface area contributed by atoms with Gasteiger partial charge >= 0.3 is 0 Å². The fourth-order valence-electron chi connectivity index (χ4n) is 2.50. The summed E-state index contributed by atoms with van der Waals surface area (Å²) in [5, 5.41) is 0. The quantitative estimate of drug-likeness (QED) is 0.858. The third-order valence-electron chi connectivity index (χ3n) is 3.64. The fourth-order valence-corrected chi connectivity index (χ4v) is 2.50. The number of amides is 1. The van der Waals surface area contributed by atoms with Crippen molar-refractivity contribution < 1.29 is 19.1 Å². The van der Waals surface area contributed by atoms with Crippen LogP contribution in [-0.4, -0.2) is 24.9 Å². The minimum absolute atomic E-state index is 0.242. The Labute approximate surface area is 118 Å². The molecular weight excluding hydrogens is 258 g/mol. The summed E-state index contributed by atoms with van der Waals surface area (Å²) in [6.07, 6.45) is 3.61. The van der Waals surface area contributed by atoms with Gasteiger partial charge in [-0.25, -0.2) is 10.3 Å². The minimum atomic E-state index is -0.492. The molecule has 2 heterocycles. The van der Waals surface area contributed by atoms with E-state index in [1.807, 2.05) is 24.3 Å². The maximum Gasteiger partial charge on any atom is 0.284 e. The number of fused-ring (bicyclic) bond motifs is 1. The monoisotopic (exact) mass is 277 g/mol. The second-order valence-corrected chi connectivity index (χ2v) is 5.13. The van der Waals surface area contributed by atoms with Gasteiger partial charge in [0.05, 0.1) is 0 Å². The van der Waals surface area contributed by atoms with Crippen molar-refractivity contribution in [3.63, 3.8) is 0 Å². The number of nitrogens with one attached hydrogen (secondary N) is 1. The van der Waals surface area contributed by atoms with Crippen molar-refractivity contribution in [2.75, 3.05) is 6.61 Å². The van der Waals surface area contributed by atoms with Crippen LogP contribution in [0.15, 0.2) is 24.3 Å². The first-order valence-corrected chi connectivity index (χ1v) is 7.14. The number of aryl methyl sites for hydroxylation is 1. The number of hydroxylamine groups is 1. The zero-order valence-electron chi connectivity index (χ0n) is 11.3. The van der Waals surface area contributed by atoms with Crippen LogP contribution in [0.25, 0.3) is 0 Å². The van der Waals surface area contributed by atoms with Crippen molar-refractivity contribution in [1.29, 1.82) is 0 Å². The van der Waals surface area contributed by atoms with E-state index in [9.17, 15) is 4.79 Å². The summed E-state index contributed by atoms with van der Waals surface area (Å²) in [6.45, 7) is 0.688. The van der Waals surface area contributed by atoms with Crippen LogP contribution >= 0.6 is 0 Å². The highest BCUT2D eigenvalue weighted by Crippen LogP contribution is 2.27. The molecule has 1 amide bonds. The summed E-state index contributed by atoms with van der Waals surface area (Å²) in [5.41, 5.74) is 3.61. The molecule has 108 valence electrons. The predicted octanol–water partition coefficient (Wildman–Crippen LogP) is 1.95. The molecule has 2 atom stereocenters. The van der Waals surface area contributed by atoms with E-state index in [0.717, 1.165) is 37.0 Å². The zero-order chi connectivity index (χ0) is 13.8. The van der Waals surface area contributed by atoms with Gasteiger partial charge in [-0.2, -0.15) is 0 Å². The van der Waals surface area contributed by atoms with E-state index in [2.05, 4.69) is 5.48 Å². The fraction of sp³-hybridized carbons (Fsp3) is 0.533. The lowest BCUT2D eigenvalue weighted by Gasteiger charge is -2.26. The second kappa shape index (κ2) is 6.24. The van der Waals surface area contributed by atoms with Crippen molar-refractivity contribution in [3.8, 4) is 5.75 Å². The summed E-state index contributed by atoms with van der Waals surface area (Å²) in [6, 6.07) is 7.80. The number of ether oxygens (including phenoxy) is 2. The van der Waals surface area contributed by atoms with E-state index in [0.29, 0.717) is 13.0 Å². The molecule has 1 fully saturated rings. The molecule has 3 rings (SSSR count). The summed E-state index contributed by atoms with van der Waals surface area (Å²) in [7, 11) is 0. The number of hydrogen-bond donors (Lipinski definition) is 1. The summed E-state index contributed by atoms with van der Waals surface area (Å²) >= 11 is 0. The topological polar surface area (TPSA) is 56.8 Å². The average Bonchev–Trinajstić information content (AvgIpc) is 2.53. The molecule has 5 nitrogen and oxygen atoms in total. The number of hydrogen-bond acceptors (Lipinski definition) is 4. The first kappa shape index (κ1) is 13.4. The van der Waals surface area contributed by atoms with E-state index in [4.69, 9.17) is 14.3 Å². The Bertz CT molecular complexity index is 471. The van der Waals surface area contributed by atoms with Gasteiger partial charge in [-0.3, -0.25) is 4.79 Å². The number of para-hydroxylation sites is 1. The first-order chi connectivity index (χ1) is 9.83. The Morgan fingerprint density at radius 3 is 3.00 bits per heavy atom. The lowest BCUT2D eigenvalue weighted by atomic mass is 10.0. The van der Waals surface area contributed by atoms with E-state index in [1.165, 1.54) is 0 Å². The molecule has 1 aromatic rings. The lowest BCUT2D eigenvalue weighted by Crippen LogP contribution is -2.42. The summed E-state index contributed by atoms with van der Waals surface area (Å²) < 4.78 is 11.1. The number of carbonyl (C=O) groups is 1. The van der Waals surface area contributed by atoms with E-state index >= 15 is 0 Å². The van der Waals surface area contributed by atoms with Crippen LogP contribution in [0.5, 0.6) is 5.75 Å². The molecule has 5 heteroatoms. The first-order valence-electron chi connectivity index (χ1n) is 7.14. The van der Waals surface area contributed by atoms with Crippen LogP contribution in [0.1, 0.15) is 31.2 Å². The molecule has 0 bridgehead atoms. The molecule has 1 saturated heterocycles. The Morgan fingerprint density at radius 2 is 2.15 bits per heavy atom. The molecule has 0 spiro atoms. The normalized spacial score (nSPS) is 25.4. The van der Waals surface area contributed by atoms with Crippen LogP contribution in [0.4, 0.5) is 0 Å². The minimum Gasteiger partial charge on any atom is -0.480 e. The van der Waals surface area contributed by atoms with Gasteiger partial charge in [0, 0.05) is 13.0 Å². The maximum atomic E-state index is 12.0. The zero-order valence-corrected chi connectivity index (χ0v) is 11.3. The van der Waals surface area contributed by atoms with Gasteiger partial charge in [0.15, 0.2) is 12.4 Å². The van der Waals surface area contributed by atoms with Crippen molar-refractivity contribution in [2.24, 2.45) is 0 Å². The molecule has 20 heavy (non-hydrogen) atoms. The van der Waals surface area contributed by atoms with Gasteiger partial charge in [0.2, 0.25) is 0 Å². The third-order valence-corrected chi connectivity index (χ3v) is 3.64. The van der Waals surface area contributed by atoms with Crippen molar-refractivity contribution in [1.82, 2.24) is 5.48 Å². The standard InChI is InChI=1S/C15H19NO4/c17-15(16-20-14-7-3-4-10-18-14)13-9-8-11-5-1-2-6-12(11)19-13/h1-2,5-6,13-14H,3-4,7-10H2,(H,16,17)/t13-,14?/m0/s1. The maximum absolute atomic E-state index is 12.0. The van der Waals surface area contributed by atoms with Crippen LogP contribution in [0.3, 0.4) is 0 Å². The summed E-state index contributed by atoms with van der Waals surface area (Å²) in [5.74, 6) is 0.543. The van der Waals surface area contributed by atoms with E-state index in [1.54, 1.807) is 0 Å². The van der Waals surface area contributed by atoms with Gasteiger partial charge in [-0.15, -0.1) is 0 Å². The lowest BCUT2D eigenvalue weighted by molar-refractivity contribution is -0.203. The summed E-state index contributed by atoms with van der Waals surface area (Å²) in [4.78, 5) is 17.3. The van der Waals surface area contributed by atoms with E-state index in [-0.39, 0.29) is 12.2 Å². The number of benzene rings is 1. The third kappa shape index (κ3) is 3.11. The molecule has 1 unspecified atom stereocenters. The van der Waals surface area contributed by atoms with Gasteiger partial charge in [-0.05, 0) is 37.3 Å². The van der Waals surface area contributed by atoms with Crippen LogP contribution in [0, 0.1) is 0 Å². The van der Waals surface area contributed by atoms with Gasteiger partial charge < -0.3 is 9.47 Å². The number of carbonyl (C=O) groups excluding carboxylic acids is 1. The van der Waals surface area contributed by atoms with Crippen molar-refractivity contribution in [2.45, 2.75) is 44.5 Å². The predicted molar refractivity (Wildman–Crippen MR) is 72.0 cm³/mol. The second-order valence-electron chi connectivity index (χ2n) is 5.13. The Kier molecular flexibility index (Phi) is 4.18. The van der Waals surface area contributed by atoms with Gasteiger partial charge in [-0.1, -0.05) is 18.2 Å². The molecule has 0 aromatic heterocycles. The highest BCUT2D eigenvalue weighted by atomic mass is 16.8. The molecule has 2 aliphatic rings. The average molecular weight is 277 g/mol. The Balaban J connectivity index is 1.51. The SMILES string of the molecule is O=C(NOC1CCCCO1)[C@@H]1CCc2ccccc2O1. The van der Waals surface area contributed by atoms with Crippen molar-refractivity contribution >= 4 is 5.91 Å². The highest BCUT2D eigenvalue weighted by Gasteiger charge is 2.27. The largest absolute Gasteiger partial charge is 0.480 e. The van der Waals surface area contributed by atoms with Crippen LogP contribution < -0.4 is 10.2 Å². The van der Waals surface area contributed by atoms with Crippen molar-refractivity contribution in [3.05, 3.63) is 29.8 Å². The van der Waals surface area contributed by atoms with Crippen LogP contribution in [0.2, 0.25) is 0 Å².